The molecule has 0 saturated heterocycles. The van der Waals surface area contributed by atoms with Gasteiger partial charge in [-0.3, -0.25) is 0 Å². The van der Waals surface area contributed by atoms with Crippen LogP contribution in [0.3, 0.4) is 0 Å². The molecule has 0 saturated carbocycles. The number of rotatable bonds is 7. The number of fused-ring (bicyclic) bond motifs is 2. The summed E-state index contributed by atoms with van der Waals surface area (Å²) in [7, 11) is 4.22. The van der Waals surface area contributed by atoms with Crippen molar-refractivity contribution < 1.29 is 0 Å². The van der Waals surface area contributed by atoms with E-state index in [1.165, 1.54) is 21.7 Å². The number of pyridine rings is 1. The largest absolute Gasteiger partial charge is 0.384 e. The van der Waals surface area contributed by atoms with Gasteiger partial charge in [0, 0.05) is 17.6 Å². The second-order valence-electron chi connectivity index (χ2n) is 7.60. The maximum absolute atomic E-state index is 4.85. The lowest BCUT2D eigenvalue weighted by Crippen LogP contribution is -2.16. The minimum absolute atomic E-state index is 0.943. The first kappa shape index (κ1) is 19.2. The van der Waals surface area contributed by atoms with Crippen molar-refractivity contribution in [1.82, 2.24) is 9.88 Å². The molecule has 0 aliphatic carbocycles. The first-order valence-electron chi connectivity index (χ1n) is 10.1. The highest BCUT2D eigenvalue weighted by atomic mass is 15.1. The van der Waals surface area contributed by atoms with Crippen LogP contribution in [0.15, 0.2) is 72.8 Å². The second-order valence-corrected chi connectivity index (χ2v) is 7.60. The molecule has 29 heavy (non-hydrogen) atoms. The van der Waals surface area contributed by atoms with Crippen molar-refractivity contribution in [3.8, 4) is 0 Å². The first-order valence-corrected chi connectivity index (χ1v) is 10.1. The van der Waals surface area contributed by atoms with Crippen LogP contribution in [0.1, 0.15) is 17.7 Å². The highest BCUT2D eigenvalue weighted by Crippen LogP contribution is 2.25. The van der Waals surface area contributed by atoms with Gasteiger partial charge >= 0.3 is 0 Å². The van der Waals surface area contributed by atoms with E-state index in [4.69, 9.17) is 4.98 Å². The zero-order chi connectivity index (χ0) is 20.1. The maximum Gasteiger partial charge on any atom is 0.0730 e. The third-order valence-corrected chi connectivity index (χ3v) is 5.09. The molecular weight excluding hydrogens is 354 g/mol. The van der Waals surface area contributed by atoms with Crippen molar-refractivity contribution in [3.63, 3.8) is 0 Å². The molecule has 3 heteroatoms. The molecule has 0 aliphatic heterocycles. The Balaban J connectivity index is 1.64. The summed E-state index contributed by atoms with van der Waals surface area (Å²) >= 11 is 0. The number of nitrogens with one attached hydrogen (secondary N) is 1. The molecule has 1 heterocycles. The Morgan fingerprint density at radius 3 is 2.48 bits per heavy atom. The molecule has 0 spiro atoms. The molecule has 0 amide bonds. The predicted octanol–water partition coefficient (Wildman–Crippen LogP) is 5.92. The molecule has 0 aliphatic rings. The van der Waals surface area contributed by atoms with Gasteiger partial charge in [0.25, 0.3) is 0 Å². The molecule has 146 valence electrons. The molecule has 1 aromatic heterocycles. The van der Waals surface area contributed by atoms with Crippen molar-refractivity contribution in [2.45, 2.75) is 6.42 Å². The normalized spacial score (nSPS) is 11.7. The van der Waals surface area contributed by atoms with E-state index in [0.717, 1.165) is 36.4 Å². The summed E-state index contributed by atoms with van der Waals surface area (Å²) in [5, 5.41) is 7.29. The quantitative estimate of drug-likeness (QED) is 0.403. The van der Waals surface area contributed by atoms with Crippen LogP contribution in [0, 0.1) is 0 Å². The number of para-hydroxylation sites is 1. The van der Waals surface area contributed by atoms with Crippen LogP contribution in [0.25, 0.3) is 33.8 Å². The smallest absolute Gasteiger partial charge is 0.0730 e. The third kappa shape index (κ3) is 4.64. The molecule has 0 fully saturated rings. The standard InChI is InChI=1S/C26H27N3/c1-29(2)18-8-17-27-26-19-22(28-25-14-6-5-13-24(25)26)16-15-21-11-7-10-20-9-3-4-12-23(20)21/h3-7,9-16,19H,8,17-18H2,1-2H3,(H,27,28)/b16-15+. The number of benzene rings is 3. The van der Waals surface area contributed by atoms with Gasteiger partial charge in [0.2, 0.25) is 0 Å². The summed E-state index contributed by atoms with van der Waals surface area (Å²) in [6, 6.07) is 25.4. The SMILES string of the molecule is CN(C)CCCNc1cc(/C=C/c2cccc3ccccc23)nc2ccccc12. The molecular formula is C26H27N3. The number of hydrogen-bond donors (Lipinski definition) is 1. The summed E-state index contributed by atoms with van der Waals surface area (Å²) in [5.41, 5.74) is 4.33. The van der Waals surface area contributed by atoms with E-state index >= 15 is 0 Å². The van der Waals surface area contributed by atoms with Crippen molar-refractivity contribution in [1.29, 1.82) is 0 Å². The van der Waals surface area contributed by atoms with Crippen LogP contribution in [0.4, 0.5) is 5.69 Å². The van der Waals surface area contributed by atoms with Gasteiger partial charge in [-0.25, -0.2) is 4.98 Å². The van der Waals surface area contributed by atoms with Crippen molar-refractivity contribution >= 4 is 39.5 Å². The van der Waals surface area contributed by atoms with Gasteiger partial charge < -0.3 is 10.2 Å². The van der Waals surface area contributed by atoms with Crippen molar-refractivity contribution in [2.75, 3.05) is 32.5 Å². The molecule has 0 atom stereocenters. The fourth-order valence-electron chi connectivity index (χ4n) is 3.62. The zero-order valence-corrected chi connectivity index (χ0v) is 17.1. The van der Waals surface area contributed by atoms with Crippen molar-refractivity contribution in [3.05, 3.63) is 84.1 Å². The Kier molecular flexibility index (Phi) is 5.87. The Morgan fingerprint density at radius 2 is 1.62 bits per heavy atom. The minimum Gasteiger partial charge on any atom is -0.384 e. The highest BCUT2D eigenvalue weighted by Gasteiger charge is 2.05. The van der Waals surface area contributed by atoms with Gasteiger partial charge in [-0.1, -0.05) is 66.7 Å². The Labute approximate surface area is 172 Å². The predicted molar refractivity (Wildman–Crippen MR) is 126 cm³/mol. The fraction of sp³-hybridized carbons (Fsp3) is 0.192. The second kappa shape index (κ2) is 8.89. The van der Waals surface area contributed by atoms with Gasteiger partial charge in [0.1, 0.15) is 0 Å². The average molecular weight is 382 g/mol. The maximum atomic E-state index is 4.85. The first-order chi connectivity index (χ1) is 14.2. The molecule has 0 bridgehead atoms. The van der Waals surface area contributed by atoms with Gasteiger partial charge in [0.15, 0.2) is 0 Å². The Bertz CT molecular complexity index is 1140. The topological polar surface area (TPSA) is 28.2 Å². The van der Waals surface area contributed by atoms with E-state index in [0.29, 0.717) is 0 Å². The monoisotopic (exact) mass is 381 g/mol. The number of anilines is 1. The van der Waals surface area contributed by atoms with Crippen LogP contribution in [0.2, 0.25) is 0 Å². The lowest BCUT2D eigenvalue weighted by atomic mass is 10.0. The third-order valence-electron chi connectivity index (χ3n) is 5.09. The molecule has 4 rings (SSSR count). The highest BCUT2D eigenvalue weighted by molar-refractivity contribution is 5.95. The van der Waals surface area contributed by atoms with Crippen LogP contribution >= 0.6 is 0 Å². The molecule has 1 N–H and O–H groups in total. The van der Waals surface area contributed by atoms with E-state index in [2.05, 4.69) is 103 Å². The Hall–Kier alpha value is -3.17. The molecule has 0 unspecified atom stereocenters. The molecule has 3 nitrogen and oxygen atoms in total. The van der Waals surface area contributed by atoms with E-state index in [9.17, 15) is 0 Å². The zero-order valence-electron chi connectivity index (χ0n) is 17.1. The van der Waals surface area contributed by atoms with E-state index < -0.39 is 0 Å². The van der Waals surface area contributed by atoms with Crippen LogP contribution in [0.5, 0.6) is 0 Å². The van der Waals surface area contributed by atoms with Gasteiger partial charge in [-0.05, 0) is 61.6 Å². The van der Waals surface area contributed by atoms with Crippen LogP contribution in [-0.2, 0) is 0 Å². The van der Waals surface area contributed by atoms with Gasteiger partial charge in [-0.2, -0.15) is 0 Å². The lowest BCUT2D eigenvalue weighted by Gasteiger charge is -2.13. The summed E-state index contributed by atoms with van der Waals surface area (Å²) in [5.74, 6) is 0. The number of hydrogen-bond acceptors (Lipinski definition) is 3. The van der Waals surface area contributed by atoms with E-state index in [-0.39, 0.29) is 0 Å². The summed E-state index contributed by atoms with van der Waals surface area (Å²) in [6.07, 6.45) is 5.37. The van der Waals surface area contributed by atoms with Crippen molar-refractivity contribution in [2.24, 2.45) is 0 Å². The minimum atomic E-state index is 0.943. The number of nitrogens with zero attached hydrogens (tertiary/aromatic N) is 2. The van der Waals surface area contributed by atoms with Gasteiger partial charge in [-0.15, -0.1) is 0 Å². The fourth-order valence-corrected chi connectivity index (χ4v) is 3.62. The van der Waals surface area contributed by atoms with Crippen LogP contribution < -0.4 is 5.32 Å². The van der Waals surface area contributed by atoms with Gasteiger partial charge in [0.05, 0.1) is 11.2 Å². The van der Waals surface area contributed by atoms with Crippen LogP contribution in [-0.4, -0.2) is 37.1 Å². The van der Waals surface area contributed by atoms with E-state index in [1.54, 1.807) is 0 Å². The van der Waals surface area contributed by atoms with E-state index in [1.807, 2.05) is 6.07 Å². The molecule has 3 aromatic carbocycles. The molecule has 4 aromatic rings. The lowest BCUT2D eigenvalue weighted by molar-refractivity contribution is 0.405. The number of aromatic nitrogens is 1. The summed E-state index contributed by atoms with van der Waals surface area (Å²) < 4.78 is 0. The summed E-state index contributed by atoms with van der Waals surface area (Å²) in [4.78, 5) is 7.07. The Morgan fingerprint density at radius 1 is 0.862 bits per heavy atom. The summed E-state index contributed by atoms with van der Waals surface area (Å²) in [6.45, 7) is 2.02. The average Bonchev–Trinajstić information content (AvgIpc) is 2.75. The molecule has 0 radical (unpaired) electrons.